The minimum atomic E-state index is -0.168. The number of benzene rings is 1. The summed E-state index contributed by atoms with van der Waals surface area (Å²) in [6, 6.07) is 11.1. The van der Waals surface area contributed by atoms with E-state index in [0.29, 0.717) is 18.1 Å². The van der Waals surface area contributed by atoms with E-state index < -0.39 is 0 Å². The minimum Gasteiger partial charge on any atom is -0.496 e. The van der Waals surface area contributed by atoms with Gasteiger partial charge >= 0.3 is 0 Å². The van der Waals surface area contributed by atoms with Crippen LogP contribution in [0.3, 0.4) is 0 Å². The molecule has 2 aromatic rings. The van der Waals surface area contributed by atoms with Crippen molar-refractivity contribution >= 4 is 11.7 Å². The molecule has 6 nitrogen and oxygen atoms in total. The van der Waals surface area contributed by atoms with E-state index in [1.807, 2.05) is 24.3 Å². The van der Waals surface area contributed by atoms with Gasteiger partial charge in [-0.1, -0.05) is 18.2 Å². The highest BCUT2D eigenvalue weighted by molar-refractivity contribution is 5.91. The molecule has 0 saturated carbocycles. The maximum atomic E-state index is 11.7. The molecular formula is C15H18N4O2. The molecule has 1 amide bonds. The quantitative estimate of drug-likeness (QED) is 0.907. The summed E-state index contributed by atoms with van der Waals surface area (Å²) < 4.78 is 5.28. The van der Waals surface area contributed by atoms with Crippen molar-refractivity contribution in [3.05, 3.63) is 47.7 Å². The van der Waals surface area contributed by atoms with Crippen molar-refractivity contribution in [3.63, 3.8) is 0 Å². The van der Waals surface area contributed by atoms with Crippen molar-refractivity contribution in [1.29, 1.82) is 0 Å². The summed E-state index contributed by atoms with van der Waals surface area (Å²) in [5.74, 6) is 1.26. The Morgan fingerprint density at radius 1 is 1.19 bits per heavy atom. The standard InChI is InChI=1S/C15H18N4O2/c1-19(2)15(20)12-8-9-14(18-17-12)16-10-11-6-4-5-7-13(11)21-3/h4-9H,10H2,1-3H3,(H,16,18). The normalized spacial score (nSPS) is 10.0. The van der Waals surface area contributed by atoms with Crippen LogP contribution in [-0.4, -0.2) is 42.2 Å². The third-order valence-corrected chi connectivity index (χ3v) is 2.94. The summed E-state index contributed by atoms with van der Waals surface area (Å²) in [7, 11) is 5.00. The van der Waals surface area contributed by atoms with E-state index >= 15 is 0 Å². The van der Waals surface area contributed by atoms with Gasteiger partial charge in [0.25, 0.3) is 5.91 Å². The molecule has 0 aliphatic heterocycles. The lowest BCUT2D eigenvalue weighted by Gasteiger charge is -2.11. The molecule has 2 rings (SSSR count). The lowest BCUT2D eigenvalue weighted by atomic mass is 10.2. The first-order valence-corrected chi connectivity index (χ1v) is 6.53. The molecule has 0 fully saturated rings. The second-order valence-corrected chi connectivity index (χ2v) is 4.67. The molecule has 1 aromatic heterocycles. The van der Waals surface area contributed by atoms with Crippen LogP contribution in [-0.2, 0) is 6.54 Å². The molecule has 0 atom stereocenters. The Kier molecular flexibility index (Phi) is 4.71. The average Bonchev–Trinajstić information content (AvgIpc) is 2.52. The zero-order valence-electron chi connectivity index (χ0n) is 12.3. The number of anilines is 1. The molecular weight excluding hydrogens is 268 g/mol. The first-order chi connectivity index (χ1) is 10.1. The summed E-state index contributed by atoms with van der Waals surface area (Å²) >= 11 is 0. The van der Waals surface area contributed by atoms with Crippen molar-refractivity contribution in [2.24, 2.45) is 0 Å². The first kappa shape index (κ1) is 14.8. The molecule has 0 saturated heterocycles. The second-order valence-electron chi connectivity index (χ2n) is 4.67. The number of carbonyl (C=O) groups excluding carboxylic acids is 1. The van der Waals surface area contributed by atoms with Crippen LogP contribution in [0.2, 0.25) is 0 Å². The van der Waals surface area contributed by atoms with E-state index in [0.717, 1.165) is 11.3 Å². The highest BCUT2D eigenvalue weighted by Crippen LogP contribution is 2.18. The topological polar surface area (TPSA) is 67.3 Å². The van der Waals surface area contributed by atoms with Gasteiger partial charge in [-0.2, -0.15) is 0 Å². The van der Waals surface area contributed by atoms with Gasteiger partial charge in [0.2, 0.25) is 0 Å². The summed E-state index contributed by atoms with van der Waals surface area (Å²) in [6.45, 7) is 0.569. The maximum absolute atomic E-state index is 11.7. The number of nitrogens with zero attached hydrogens (tertiary/aromatic N) is 3. The van der Waals surface area contributed by atoms with Crippen LogP contribution < -0.4 is 10.1 Å². The van der Waals surface area contributed by atoms with E-state index in [1.54, 1.807) is 33.3 Å². The molecule has 6 heteroatoms. The maximum Gasteiger partial charge on any atom is 0.273 e. The van der Waals surface area contributed by atoms with Crippen molar-refractivity contribution in [2.75, 3.05) is 26.5 Å². The van der Waals surface area contributed by atoms with Gasteiger partial charge in [-0.25, -0.2) is 0 Å². The van der Waals surface area contributed by atoms with Crippen LogP contribution in [0.5, 0.6) is 5.75 Å². The average molecular weight is 286 g/mol. The van der Waals surface area contributed by atoms with Crippen LogP contribution >= 0.6 is 0 Å². The Hall–Kier alpha value is -2.63. The zero-order valence-corrected chi connectivity index (χ0v) is 12.3. The Labute approximate surface area is 123 Å². The molecule has 0 bridgehead atoms. The van der Waals surface area contributed by atoms with Crippen LogP contribution in [0, 0.1) is 0 Å². The summed E-state index contributed by atoms with van der Waals surface area (Å²) in [5, 5.41) is 11.1. The summed E-state index contributed by atoms with van der Waals surface area (Å²) in [6.07, 6.45) is 0. The summed E-state index contributed by atoms with van der Waals surface area (Å²) in [5.41, 5.74) is 1.35. The van der Waals surface area contributed by atoms with Gasteiger partial charge in [0, 0.05) is 26.2 Å². The van der Waals surface area contributed by atoms with Gasteiger partial charge in [-0.3, -0.25) is 4.79 Å². The molecule has 0 radical (unpaired) electrons. The van der Waals surface area contributed by atoms with Crippen LogP contribution in [0.4, 0.5) is 5.82 Å². The molecule has 1 heterocycles. The summed E-state index contributed by atoms with van der Waals surface area (Å²) in [4.78, 5) is 13.2. The molecule has 1 N–H and O–H groups in total. The van der Waals surface area contributed by atoms with E-state index in [2.05, 4.69) is 15.5 Å². The number of hydrogen-bond donors (Lipinski definition) is 1. The highest BCUT2D eigenvalue weighted by atomic mass is 16.5. The third kappa shape index (κ3) is 3.68. The smallest absolute Gasteiger partial charge is 0.273 e. The lowest BCUT2D eigenvalue weighted by molar-refractivity contribution is 0.0821. The fourth-order valence-corrected chi connectivity index (χ4v) is 1.80. The number of methoxy groups -OCH3 is 1. The Balaban J connectivity index is 2.02. The van der Waals surface area contributed by atoms with Gasteiger partial charge in [-0.15, -0.1) is 10.2 Å². The zero-order chi connectivity index (χ0) is 15.2. The number of rotatable bonds is 5. The van der Waals surface area contributed by atoms with Crippen LogP contribution in [0.1, 0.15) is 16.1 Å². The van der Waals surface area contributed by atoms with Gasteiger partial charge in [-0.05, 0) is 18.2 Å². The molecule has 21 heavy (non-hydrogen) atoms. The molecule has 0 unspecified atom stereocenters. The van der Waals surface area contributed by atoms with Crippen LogP contribution in [0.15, 0.2) is 36.4 Å². The number of para-hydroxylation sites is 1. The van der Waals surface area contributed by atoms with Gasteiger partial charge in [0.15, 0.2) is 5.69 Å². The molecule has 0 spiro atoms. The number of hydrogen-bond acceptors (Lipinski definition) is 5. The van der Waals surface area contributed by atoms with Crippen molar-refractivity contribution < 1.29 is 9.53 Å². The number of aromatic nitrogens is 2. The number of nitrogens with one attached hydrogen (secondary N) is 1. The van der Waals surface area contributed by atoms with Crippen molar-refractivity contribution in [1.82, 2.24) is 15.1 Å². The predicted molar refractivity (Wildman–Crippen MR) is 80.4 cm³/mol. The Morgan fingerprint density at radius 2 is 1.95 bits per heavy atom. The first-order valence-electron chi connectivity index (χ1n) is 6.53. The number of amides is 1. The molecule has 0 aliphatic rings. The van der Waals surface area contributed by atoms with Gasteiger partial charge in [0.05, 0.1) is 7.11 Å². The Bertz CT molecular complexity index is 611. The van der Waals surface area contributed by atoms with Gasteiger partial charge < -0.3 is 15.0 Å². The molecule has 1 aromatic carbocycles. The van der Waals surface area contributed by atoms with E-state index in [1.165, 1.54) is 4.90 Å². The fourth-order valence-electron chi connectivity index (χ4n) is 1.80. The molecule has 110 valence electrons. The molecule has 0 aliphatic carbocycles. The lowest BCUT2D eigenvalue weighted by Crippen LogP contribution is -2.23. The van der Waals surface area contributed by atoms with Gasteiger partial charge in [0.1, 0.15) is 11.6 Å². The second kappa shape index (κ2) is 6.69. The monoisotopic (exact) mass is 286 g/mol. The SMILES string of the molecule is COc1ccccc1CNc1ccc(C(=O)N(C)C)nn1. The van der Waals surface area contributed by atoms with Crippen LogP contribution in [0.25, 0.3) is 0 Å². The predicted octanol–water partition coefficient (Wildman–Crippen LogP) is 1.80. The minimum absolute atomic E-state index is 0.168. The van der Waals surface area contributed by atoms with E-state index in [-0.39, 0.29) is 5.91 Å². The van der Waals surface area contributed by atoms with E-state index in [9.17, 15) is 4.79 Å². The van der Waals surface area contributed by atoms with Crippen molar-refractivity contribution in [3.8, 4) is 5.75 Å². The van der Waals surface area contributed by atoms with Crippen molar-refractivity contribution in [2.45, 2.75) is 6.54 Å². The largest absolute Gasteiger partial charge is 0.496 e. The van der Waals surface area contributed by atoms with E-state index in [4.69, 9.17) is 4.74 Å². The number of carbonyl (C=O) groups is 1. The highest BCUT2D eigenvalue weighted by Gasteiger charge is 2.10. The Morgan fingerprint density at radius 3 is 2.57 bits per heavy atom. The third-order valence-electron chi connectivity index (χ3n) is 2.94. The number of ether oxygens (including phenoxy) is 1. The fraction of sp³-hybridized carbons (Fsp3) is 0.267.